The molecule has 1 aliphatic rings. The maximum Gasteiger partial charge on any atom is 0.00673 e. The second kappa shape index (κ2) is 6.20. The van der Waals surface area contributed by atoms with Gasteiger partial charge in [-0.2, -0.15) is 0 Å². The molecule has 1 aromatic carbocycles. The molecule has 1 nitrogen and oxygen atoms in total. The van der Waals surface area contributed by atoms with E-state index in [-0.39, 0.29) is 0 Å². The van der Waals surface area contributed by atoms with Crippen LogP contribution in [0.5, 0.6) is 0 Å². The first kappa shape index (κ1) is 12.6. The van der Waals surface area contributed by atoms with Crippen LogP contribution in [0.2, 0.25) is 0 Å². The van der Waals surface area contributed by atoms with Crippen LogP contribution in [0.4, 0.5) is 0 Å². The van der Waals surface area contributed by atoms with Crippen molar-refractivity contribution in [2.75, 3.05) is 0 Å². The Bertz CT molecular complexity index is 318. The van der Waals surface area contributed by atoms with Crippen molar-refractivity contribution in [3.8, 4) is 0 Å². The van der Waals surface area contributed by atoms with Gasteiger partial charge in [0, 0.05) is 6.04 Å². The summed E-state index contributed by atoms with van der Waals surface area (Å²) in [6.45, 7) is 2.25. The molecule has 94 valence electrons. The highest BCUT2D eigenvalue weighted by atomic mass is 14.6. The number of fused-ring (bicyclic) bond motifs is 1. The third kappa shape index (κ3) is 3.32. The minimum Gasteiger partial charge on any atom is -0.327 e. The lowest BCUT2D eigenvalue weighted by Gasteiger charge is -2.22. The normalized spacial score (nSPS) is 18.5. The molecule has 0 spiro atoms. The third-order valence-corrected chi connectivity index (χ3v) is 4.18. The summed E-state index contributed by atoms with van der Waals surface area (Å²) >= 11 is 0. The number of nitrogens with two attached hydrogens (primary N) is 1. The molecule has 0 heterocycles. The van der Waals surface area contributed by atoms with Crippen LogP contribution in [0.3, 0.4) is 0 Å². The summed E-state index contributed by atoms with van der Waals surface area (Å²) < 4.78 is 0. The van der Waals surface area contributed by atoms with E-state index in [0.717, 1.165) is 5.92 Å². The summed E-state index contributed by atoms with van der Waals surface area (Å²) in [7, 11) is 0. The van der Waals surface area contributed by atoms with Crippen LogP contribution >= 0.6 is 0 Å². The summed E-state index contributed by atoms with van der Waals surface area (Å²) in [4.78, 5) is 0. The summed E-state index contributed by atoms with van der Waals surface area (Å²) in [6, 6.07) is 9.32. The zero-order valence-electron chi connectivity index (χ0n) is 11.0. The molecule has 0 amide bonds. The van der Waals surface area contributed by atoms with Gasteiger partial charge in [0.05, 0.1) is 0 Å². The monoisotopic (exact) mass is 231 g/mol. The molecule has 2 rings (SSSR count). The van der Waals surface area contributed by atoms with Gasteiger partial charge in [-0.05, 0) is 49.1 Å². The van der Waals surface area contributed by atoms with E-state index in [1.165, 1.54) is 44.9 Å². The summed E-state index contributed by atoms with van der Waals surface area (Å²) in [5, 5.41) is 0. The number of hydrogen-bond donors (Lipinski definition) is 1. The molecule has 1 heteroatoms. The van der Waals surface area contributed by atoms with Crippen molar-refractivity contribution in [2.24, 2.45) is 11.7 Å². The van der Waals surface area contributed by atoms with Gasteiger partial charge in [-0.25, -0.2) is 0 Å². The fraction of sp³-hybridized carbons (Fsp3) is 0.625. The van der Waals surface area contributed by atoms with E-state index < -0.39 is 0 Å². The summed E-state index contributed by atoms with van der Waals surface area (Å²) in [5.41, 5.74) is 9.45. The summed E-state index contributed by atoms with van der Waals surface area (Å²) in [5.74, 6) is 0.731. The van der Waals surface area contributed by atoms with Gasteiger partial charge in [0.1, 0.15) is 0 Å². The van der Waals surface area contributed by atoms with E-state index in [4.69, 9.17) is 5.73 Å². The SMILES string of the molecule is CCCCC(N)C1CCc2ccccc2CC1. The fourth-order valence-electron chi connectivity index (χ4n) is 2.98. The van der Waals surface area contributed by atoms with Crippen LogP contribution in [0.1, 0.15) is 50.2 Å². The van der Waals surface area contributed by atoms with E-state index in [1.807, 2.05) is 0 Å². The molecule has 0 saturated heterocycles. The van der Waals surface area contributed by atoms with Crippen molar-refractivity contribution in [2.45, 2.75) is 57.9 Å². The van der Waals surface area contributed by atoms with Crippen molar-refractivity contribution in [3.05, 3.63) is 35.4 Å². The molecule has 0 bridgehead atoms. The molecule has 2 N–H and O–H groups in total. The number of unbranched alkanes of at least 4 members (excludes halogenated alkanes) is 1. The molecule has 17 heavy (non-hydrogen) atoms. The smallest absolute Gasteiger partial charge is 0.00673 e. The maximum atomic E-state index is 6.34. The highest BCUT2D eigenvalue weighted by Crippen LogP contribution is 2.27. The molecule has 1 unspecified atom stereocenters. The Morgan fingerprint density at radius 3 is 2.29 bits per heavy atom. The number of rotatable bonds is 4. The Balaban J connectivity index is 1.94. The molecular formula is C16H25N. The molecule has 1 atom stereocenters. The predicted molar refractivity (Wildman–Crippen MR) is 74.1 cm³/mol. The quantitative estimate of drug-likeness (QED) is 0.786. The zero-order valence-corrected chi connectivity index (χ0v) is 11.0. The molecular weight excluding hydrogens is 206 g/mol. The lowest BCUT2D eigenvalue weighted by molar-refractivity contribution is 0.355. The van der Waals surface area contributed by atoms with E-state index in [1.54, 1.807) is 11.1 Å². The Labute approximate surface area is 105 Å². The Hall–Kier alpha value is -0.820. The van der Waals surface area contributed by atoms with Crippen molar-refractivity contribution < 1.29 is 0 Å². The molecule has 1 aliphatic carbocycles. The molecule has 0 aliphatic heterocycles. The van der Waals surface area contributed by atoms with Gasteiger partial charge in [-0.3, -0.25) is 0 Å². The molecule has 0 fully saturated rings. The average Bonchev–Trinajstić information content (AvgIpc) is 2.58. The van der Waals surface area contributed by atoms with Crippen LogP contribution in [0, 0.1) is 5.92 Å². The van der Waals surface area contributed by atoms with Gasteiger partial charge < -0.3 is 5.73 Å². The highest BCUT2D eigenvalue weighted by Gasteiger charge is 2.20. The van der Waals surface area contributed by atoms with Crippen molar-refractivity contribution >= 4 is 0 Å². The van der Waals surface area contributed by atoms with E-state index in [9.17, 15) is 0 Å². The zero-order chi connectivity index (χ0) is 12.1. The minimum atomic E-state index is 0.421. The van der Waals surface area contributed by atoms with Gasteiger partial charge >= 0.3 is 0 Å². The second-order valence-corrected chi connectivity index (χ2v) is 5.41. The number of benzene rings is 1. The summed E-state index contributed by atoms with van der Waals surface area (Å²) in [6.07, 6.45) is 8.76. The van der Waals surface area contributed by atoms with E-state index in [2.05, 4.69) is 31.2 Å². The Kier molecular flexibility index (Phi) is 4.61. The van der Waals surface area contributed by atoms with Crippen LogP contribution < -0.4 is 5.73 Å². The molecule has 1 aromatic rings. The number of aryl methyl sites for hydroxylation is 2. The van der Waals surface area contributed by atoms with Gasteiger partial charge in [0.25, 0.3) is 0 Å². The highest BCUT2D eigenvalue weighted by molar-refractivity contribution is 5.28. The largest absolute Gasteiger partial charge is 0.327 e. The van der Waals surface area contributed by atoms with Crippen molar-refractivity contribution in [1.29, 1.82) is 0 Å². The van der Waals surface area contributed by atoms with Gasteiger partial charge in [0.15, 0.2) is 0 Å². The Morgan fingerprint density at radius 1 is 1.18 bits per heavy atom. The minimum absolute atomic E-state index is 0.421. The lowest BCUT2D eigenvalue weighted by Crippen LogP contribution is -2.30. The van der Waals surface area contributed by atoms with Crippen LogP contribution in [0.15, 0.2) is 24.3 Å². The fourth-order valence-corrected chi connectivity index (χ4v) is 2.98. The van der Waals surface area contributed by atoms with E-state index in [0.29, 0.717) is 6.04 Å². The van der Waals surface area contributed by atoms with Crippen molar-refractivity contribution in [1.82, 2.24) is 0 Å². The van der Waals surface area contributed by atoms with Crippen molar-refractivity contribution in [3.63, 3.8) is 0 Å². The first-order valence-electron chi connectivity index (χ1n) is 7.13. The third-order valence-electron chi connectivity index (χ3n) is 4.18. The molecule has 0 saturated carbocycles. The van der Waals surface area contributed by atoms with Gasteiger partial charge in [-0.1, -0.05) is 44.0 Å². The molecule has 0 aromatic heterocycles. The number of hydrogen-bond acceptors (Lipinski definition) is 1. The average molecular weight is 231 g/mol. The van der Waals surface area contributed by atoms with Gasteiger partial charge in [0.2, 0.25) is 0 Å². The maximum absolute atomic E-state index is 6.34. The van der Waals surface area contributed by atoms with Gasteiger partial charge in [-0.15, -0.1) is 0 Å². The topological polar surface area (TPSA) is 26.0 Å². The van der Waals surface area contributed by atoms with Crippen LogP contribution in [0.25, 0.3) is 0 Å². The van der Waals surface area contributed by atoms with Crippen LogP contribution in [-0.4, -0.2) is 6.04 Å². The molecule has 0 radical (unpaired) electrons. The second-order valence-electron chi connectivity index (χ2n) is 5.41. The first-order valence-corrected chi connectivity index (χ1v) is 7.13. The first-order chi connectivity index (χ1) is 8.31. The Morgan fingerprint density at radius 2 is 1.76 bits per heavy atom. The van der Waals surface area contributed by atoms with Crippen LogP contribution in [-0.2, 0) is 12.8 Å². The van der Waals surface area contributed by atoms with E-state index >= 15 is 0 Å². The lowest BCUT2D eigenvalue weighted by atomic mass is 9.89. The predicted octanol–water partition coefficient (Wildman–Crippen LogP) is 3.70. The standard InChI is InChI=1S/C16H25N/c1-2-3-8-16(17)15-11-9-13-6-4-5-7-14(13)10-12-15/h4-7,15-16H,2-3,8-12,17H2,1H3.